The molecule has 0 heterocycles. The molecule has 0 fully saturated rings. The lowest BCUT2D eigenvalue weighted by Gasteiger charge is -2.09. The Bertz CT molecular complexity index is 315. The van der Waals surface area contributed by atoms with E-state index in [1.165, 1.54) is 0 Å². The fraction of sp³-hybridized carbons (Fsp3) is 0.400. The van der Waals surface area contributed by atoms with Crippen LogP contribution in [0.2, 0.25) is 5.02 Å². The number of aliphatic hydroxyl groups is 1. The van der Waals surface area contributed by atoms with Crippen LogP contribution in [0.1, 0.15) is 5.56 Å². The van der Waals surface area contributed by atoms with E-state index in [0.717, 1.165) is 10.5 Å². The van der Waals surface area contributed by atoms with Crippen LogP contribution >= 0.6 is 23.4 Å². The van der Waals surface area contributed by atoms with Gasteiger partial charge < -0.3 is 9.84 Å². The smallest absolute Gasteiger partial charge is 0.137 e. The Hall–Kier alpha value is -0.380. The molecule has 1 aromatic rings. The lowest BCUT2D eigenvalue weighted by atomic mass is 10.2. The minimum Gasteiger partial charge on any atom is -0.495 e. The number of aryl methyl sites for hydroxylation is 1. The van der Waals surface area contributed by atoms with E-state index in [4.69, 9.17) is 21.4 Å². The van der Waals surface area contributed by atoms with Gasteiger partial charge in [-0.25, -0.2) is 0 Å². The van der Waals surface area contributed by atoms with Gasteiger partial charge in [0.15, 0.2) is 0 Å². The molecule has 14 heavy (non-hydrogen) atoms. The number of aliphatic hydroxyl groups excluding tert-OH is 1. The third-order valence-electron chi connectivity index (χ3n) is 1.80. The molecule has 0 saturated heterocycles. The average Bonchev–Trinajstić information content (AvgIpc) is 2.18. The van der Waals surface area contributed by atoms with Crippen molar-refractivity contribution in [1.29, 1.82) is 0 Å². The molecule has 0 amide bonds. The summed E-state index contributed by atoms with van der Waals surface area (Å²) >= 11 is 7.57. The van der Waals surface area contributed by atoms with Crippen LogP contribution < -0.4 is 4.74 Å². The van der Waals surface area contributed by atoms with Crippen LogP contribution in [-0.4, -0.2) is 24.6 Å². The molecule has 0 saturated carbocycles. The zero-order valence-corrected chi connectivity index (χ0v) is 9.78. The van der Waals surface area contributed by atoms with Gasteiger partial charge in [0.25, 0.3) is 0 Å². The summed E-state index contributed by atoms with van der Waals surface area (Å²) in [5, 5.41) is 9.32. The quantitative estimate of drug-likeness (QED) is 0.810. The maximum atomic E-state index is 8.71. The molecule has 4 heteroatoms. The third-order valence-corrected chi connectivity index (χ3v) is 3.23. The number of methoxy groups -OCH3 is 1. The zero-order chi connectivity index (χ0) is 10.6. The molecule has 0 unspecified atom stereocenters. The average molecular weight is 233 g/mol. The number of rotatable bonds is 4. The Labute approximate surface area is 93.2 Å². The summed E-state index contributed by atoms with van der Waals surface area (Å²) < 4.78 is 5.09. The van der Waals surface area contributed by atoms with Crippen molar-refractivity contribution in [2.45, 2.75) is 11.8 Å². The predicted molar refractivity (Wildman–Crippen MR) is 60.6 cm³/mol. The largest absolute Gasteiger partial charge is 0.495 e. The van der Waals surface area contributed by atoms with Crippen molar-refractivity contribution in [2.75, 3.05) is 19.5 Å². The van der Waals surface area contributed by atoms with E-state index < -0.39 is 0 Å². The van der Waals surface area contributed by atoms with Gasteiger partial charge in [-0.1, -0.05) is 11.6 Å². The molecule has 0 atom stereocenters. The van der Waals surface area contributed by atoms with Gasteiger partial charge in [0.1, 0.15) is 5.75 Å². The van der Waals surface area contributed by atoms with Crippen LogP contribution in [0.5, 0.6) is 5.75 Å². The Morgan fingerprint density at radius 3 is 2.79 bits per heavy atom. The van der Waals surface area contributed by atoms with E-state index in [9.17, 15) is 0 Å². The minimum atomic E-state index is 0.174. The van der Waals surface area contributed by atoms with Crippen molar-refractivity contribution < 1.29 is 9.84 Å². The van der Waals surface area contributed by atoms with Gasteiger partial charge in [0, 0.05) is 10.6 Å². The van der Waals surface area contributed by atoms with Crippen LogP contribution in [-0.2, 0) is 0 Å². The molecule has 1 rings (SSSR count). The molecule has 78 valence electrons. The van der Waals surface area contributed by atoms with Gasteiger partial charge in [0.05, 0.1) is 18.7 Å². The highest BCUT2D eigenvalue weighted by molar-refractivity contribution is 7.99. The standard InChI is InChI=1S/C10H13ClO2S/c1-7-5-9(13-2)8(11)6-10(7)14-4-3-12/h5-6,12H,3-4H2,1-2H3. The minimum absolute atomic E-state index is 0.174. The van der Waals surface area contributed by atoms with Gasteiger partial charge in [0.2, 0.25) is 0 Å². The molecule has 0 bridgehead atoms. The van der Waals surface area contributed by atoms with E-state index >= 15 is 0 Å². The van der Waals surface area contributed by atoms with E-state index in [1.54, 1.807) is 18.9 Å². The Morgan fingerprint density at radius 1 is 1.50 bits per heavy atom. The van der Waals surface area contributed by atoms with Crippen molar-refractivity contribution in [3.63, 3.8) is 0 Å². The number of ether oxygens (including phenoxy) is 1. The highest BCUT2D eigenvalue weighted by Crippen LogP contribution is 2.32. The van der Waals surface area contributed by atoms with Crippen molar-refractivity contribution in [1.82, 2.24) is 0 Å². The summed E-state index contributed by atoms with van der Waals surface area (Å²) in [6, 6.07) is 3.78. The van der Waals surface area contributed by atoms with Gasteiger partial charge in [-0.05, 0) is 24.6 Å². The maximum absolute atomic E-state index is 8.71. The van der Waals surface area contributed by atoms with Crippen LogP contribution in [0.4, 0.5) is 0 Å². The molecule has 0 aromatic heterocycles. The Morgan fingerprint density at radius 2 is 2.21 bits per heavy atom. The molecule has 1 aromatic carbocycles. The maximum Gasteiger partial charge on any atom is 0.137 e. The van der Waals surface area contributed by atoms with E-state index in [2.05, 4.69) is 0 Å². The summed E-state index contributed by atoms with van der Waals surface area (Å²) in [7, 11) is 1.60. The van der Waals surface area contributed by atoms with Crippen molar-refractivity contribution in [3.8, 4) is 5.75 Å². The van der Waals surface area contributed by atoms with Gasteiger partial charge >= 0.3 is 0 Å². The summed E-state index contributed by atoms with van der Waals surface area (Å²) in [5.74, 6) is 1.38. The third kappa shape index (κ3) is 2.80. The van der Waals surface area contributed by atoms with Gasteiger partial charge in [-0.3, -0.25) is 0 Å². The molecular formula is C10H13ClO2S. The molecule has 2 nitrogen and oxygen atoms in total. The monoisotopic (exact) mass is 232 g/mol. The first kappa shape index (κ1) is 11.7. The Balaban J connectivity index is 2.90. The number of halogens is 1. The number of benzene rings is 1. The summed E-state index contributed by atoms with van der Waals surface area (Å²) in [4.78, 5) is 1.09. The Kier molecular flexibility index (Phi) is 4.58. The second kappa shape index (κ2) is 5.49. The normalized spacial score (nSPS) is 10.3. The van der Waals surface area contributed by atoms with E-state index in [1.807, 2.05) is 19.1 Å². The SMILES string of the molecule is COc1cc(C)c(SCCO)cc1Cl. The first-order chi connectivity index (χ1) is 6.69. The molecule has 0 radical (unpaired) electrons. The van der Waals surface area contributed by atoms with E-state index in [0.29, 0.717) is 16.5 Å². The van der Waals surface area contributed by atoms with Crippen molar-refractivity contribution in [3.05, 3.63) is 22.7 Å². The van der Waals surface area contributed by atoms with Crippen LogP contribution in [0.15, 0.2) is 17.0 Å². The van der Waals surface area contributed by atoms with Gasteiger partial charge in [-0.2, -0.15) is 0 Å². The predicted octanol–water partition coefficient (Wildman–Crippen LogP) is 2.74. The van der Waals surface area contributed by atoms with Crippen molar-refractivity contribution >= 4 is 23.4 Å². The van der Waals surface area contributed by atoms with Gasteiger partial charge in [-0.15, -0.1) is 11.8 Å². The summed E-state index contributed by atoms with van der Waals surface area (Å²) in [5.41, 5.74) is 1.12. The molecular weight excluding hydrogens is 220 g/mol. The number of hydrogen-bond donors (Lipinski definition) is 1. The van der Waals surface area contributed by atoms with Crippen LogP contribution in [0.25, 0.3) is 0 Å². The highest BCUT2D eigenvalue weighted by Gasteiger charge is 2.06. The fourth-order valence-electron chi connectivity index (χ4n) is 1.10. The molecule has 0 aliphatic carbocycles. The number of hydrogen-bond acceptors (Lipinski definition) is 3. The molecule has 1 N–H and O–H groups in total. The molecule has 0 spiro atoms. The summed E-state index contributed by atoms with van der Waals surface area (Å²) in [6.45, 7) is 2.17. The highest BCUT2D eigenvalue weighted by atomic mass is 35.5. The molecule has 0 aliphatic rings. The van der Waals surface area contributed by atoms with E-state index in [-0.39, 0.29) is 6.61 Å². The zero-order valence-electron chi connectivity index (χ0n) is 8.21. The lowest BCUT2D eigenvalue weighted by molar-refractivity contribution is 0.322. The second-order valence-corrected chi connectivity index (χ2v) is 4.37. The van der Waals surface area contributed by atoms with Crippen molar-refractivity contribution in [2.24, 2.45) is 0 Å². The first-order valence-electron chi connectivity index (χ1n) is 4.27. The van der Waals surface area contributed by atoms with Crippen LogP contribution in [0.3, 0.4) is 0 Å². The number of thioether (sulfide) groups is 1. The first-order valence-corrected chi connectivity index (χ1v) is 5.63. The lowest BCUT2D eigenvalue weighted by Crippen LogP contribution is -1.90. The fourth-order valence-corrected chi connectivity index (χ4v) is 2.21. The topological polar surface area (TPSA) is 29.5 Å². The van der Waals surface area contributed by atoms with Crippen LogP contribution in [0, 0.1) is 6.92 Å². The molecule has 0 aliphatic heterocycles. The second-order valence-electron chi connectivity index (χ2n) is 2.82. The summed E-state index contributed by atoms with van der Waals surface area (Å²) in [6.07, 6.45) is 0.